The number of hydrogen-bond acceptors (Lipinski definition) is 5. The lowest BCUT2D eigenvalue weighted by Crippen LogP contribution is -2.45. The third-order valence-corrected chi connectivity index (χ3v) is 7.01. The molecule has 0 unspecified atom stereocenters. The smallest absolute Gasteiger partial charge is 0.254 e. The number of aromatic nitrogens is 4. The summed E-state index contributed by atoms with van der Waals surface area (Å²) in [7, 11) is 1.66. The highest BCUT2D eigenvalue weighted by atomic mass is 16.5. The van der Waals surface area contributed by atoms with Crippen LogP contribution in [-0.4, -0.2) is 49.5 Å². The van der Waals surface area contributed by atoms with Crippen LogP contribution in [0.1, 0.15) is 61.9 Å². The Morgan fingerprint density at radius 3 is 2.67 bits per heavy atom. The molecule has 3 aliphatic rings. The van der Waals surface area contributed by atoms with E-state index in [0.717, 1.165) is 35.5 Å². The number of nitrogens with zero attached hydrogens (tertiary/aromatic N) is 5. The van der Waals surface area contributed by atoms with E-state index in [1.807, 2.05) is 48.7 Å². The Balaban J connectivity index is 1.42. The predicted octanol–water partition coefficient (Wildman–Crippen LogP) is 5.69. The van der Waals surface area contributed by atoms with Gasteiger partial charge in [-0.25, -0.2) is 9.97 Å². The lowest BCUT2D eigenvalue weighted by molar-refractivity contribution is 0.0555. The highest BCUT2D eigenvalue weighted by Crippen LogP contribution is 2.30. The van der Waals surface area contributed by atoms with Crippen molar-refractivity contribution in [3.8, 4) is 28.7 Å². The van der Waals surface area contributed by atoms with E-state index in [9.17, 15) is 4.79 Å². The fraction of sp³-hybridized carbons (Fsp3) is 0.379. The molecule has 0 N–H and O–H groups in total. The molecule has 7 heteroatoms. The second-order valence-corrected chi connectivity index (χ2v) is 9.76. The van der Waals surface area contributed by atoms with Gasteiger partial charge in [0.1, 0.15) is 11.4 Å². The normalized spacial score (nSPS) is 14.3. The second kappa shape index (κ2) is 10.5. The van der Waals surface area contributed by atoms with Crippen molar-refractivity contribution in [2.24, 2.45) is 0 Å². The molecule has 186 valence electrons. The van der Waals surface area contributed by atoms with E-state index >= 15 is 0 Å². The van der Waals surface area contributed by atoms with Crippen molar-refractivity contribution < 1.29 is 9.53 Å². The van der Waals surface area contributed by atoms with Gasteiger partial charge in [0.25, 0.3) is 5.91 Å². The minimum atomic E-state index is 0.0829. The van der Waals surface area contributed by atoms with E-state index in [0.29, 0.717) is 29.7 Å². The van der Waals surface area contributed by atoms with Crippen LogP contribution < -0.4 is 4.74 Å². The number of ether oxygens (including phenoxy) is 1. The van der Waals surface area contributed by atoms with E-state index < -0.39 is 0 Å². The predicted molar refractivity (Wildman–Crippen MR) is 140 cm³/mol. The van der Waals surface area contributed by atoms with Gasteiger partial charge in [-0.3, -0.25) is 9.78 Å². The van der Waals surface area contributed by atoms with Gasteiger partial charge in [-0.1, -0.05) is 25.3 Å². The van der Waals surface area contributed by atoms with Gasteiger partial charge >= 0.3 is 0 Å². The van der Waals surface area contributed by atoms with E-state index in [2.05, 4.69) is 28.3 Å². The Hall–Kier alpha value is -3.74. The van der Waals surface area contributed by atoms with E-state index in [-0.39, 0.29) is 11.9 Å². The lowest BCUT2D eigenvalue weighted by Gasteiger charge is -2.37. The Bertz CT molecular complexity index is 1290. The van der Waals surface area contributed by atoms with Crippen LogP contribution >= 0.6 is 0 Å². The van der Waals surface area contributed by atoms with Crippen LogP contribution in [0.15, 0.2) is 61.1 Å². The number of imidazole rings is 1. The van der Waals surface area contributed by atoms with Crippen molar-refractivity contribution in [3.63, 3.8) is 0 Å². The zero-order valence-corrected chi connectivity index (χ0v) is 21.2. The monoisotopic (exact) mass is 483 g/mol. The number of hydrogen-bond donors (Lipinski definition) is 0. The van der Waals surface area contributed by atoms with E-state index in [4.69, 9.17) is 14.7 Å². The van der Waals surface area contributed by atoms with Crippen LogP contribution in [0.2, 0.25) is 0 Å². The van der Waals surface area contributed by atoms with Crippen molar-refractivity contribution in [1.82, 2.24) is 24.4 Å². The van der Waals surface area contributed by atoms with E-state index in [1.165, 1.54) is 19.3 Å². The number of rotatable bonds is 7. The molecule has 0 saturated heterocycles. The van der Waals surface area contributed by atoms with Gasteiger partial charge in [-0.2, -0.15) is 0 Å². The Labute approximate surface area is 212 Å². The third-order valence-electron chi connectivity index (χ3n) is 7.01. The molecular formula is C29H33N5O2. The van der Waals surface area contributed by atoms with Crippen LogP contribution in [0.4, 0.5) is 0 Å². The maximum Gasteiger partial charge on any atom is 0.254 e. The molecule has 1 aromatic heterocycles. The van der Waals surface area contributed by atoms with Crippen molar-refractivity contribution >= 4 is 5.91 Å². The number of methoxy groups -OCH3 is 1. The van der Waals surface area contributed by atoms with Gasteiger partial charge in [0.05, 0.1) is 13.7 Å². The molecule has 1 aromatic carbocycles. The third kappa shape index (κ3) is 4.83. The summed E-state index contributed by atoms with van der Waals surface area (Å²) in [5, 5.41) is 0. The molecule has 0 bridgehead atoms. The summed E-state index contributed by atoms with van der Waals surface area (Å²) in [6.45, 7) is 4.77. The second-order valence-electron chi connectivity index (χ2n) is 9.76. The van der Waals surface area contributed by atoms with Crippen molar-refractivity contribution in [2.45, 2.75) is 64.6 Å². The number of fused-ring (bicyclic) bond motifs is 1. The first kappa shape index (κ1) is 24.0. The van der Waals surface area contributed by atoms with Gasteiger partial charge in [-0.05, 0) is 63.1 Å². The molecular weight excluding hydrogens is 450 g/mol. The number of benzene rings is 1. The molecule has 1 amide bonds. The molecule has 2 aliphatic heterocycles. The molecule has 0 radical (unpaired) electrons. The maximum absolute atomic E-state index is 13.6. The standard InChI is InChI=1S/C29H33N5O2/c1-20(2)34(24-10-5-4-6-11-24)29(35)21-13-14-23(26(17-21)36-3)19-33-16-8-12-25-28(33)32-27(31-25)22-9-7-15-30-18-22/h7-9,12-18,20,24H,4-6,10-11,19H2,1-3H3. The topological polar surface area (TPSA) is 73.1 Å². The summed E-state index contributed by atoms with van der Waals surface area (Å²) in [5.74, 6) is 2.23. The van der Waals surface area contributed by atoms with Gasteiger partial charge in [0.15, 0.2) is 11.6 Å². The summed E-state index contributed by atoms with van der Waals surface area (Å²) < 4.78 is 7.81. The lowest BCUT2D eigenvalue weighted by atomic mass is 9.92. The van der Waals surface area contributed by atoms with Gasteiger partial charge < -0.3 is 14.2 Å². The summed E-state index contributed by atoms with van der Waals surface area (Å²) in [6, 6.07) is 14.0. The Morgan fingerprint density at radius 2 is 1.94 bits per heavy atom. The van der Waals surface area contributed by atoms with Crippen LogP contribution in [0.3, 0.4) is 0 Å². The first-order valence-corrected chi connectivity index (χ1v) is 12.8. The molecule has 7 nitrogen and oxygen atoms in total. The number of carbonyl (C=O) groups excluding carboxylic acids is 1. The number of carbonyl (C=O) groups is 1. The van der Waals surface area contributed by atoms with Crippen LogP contribution in [0.5, 0.6) is 5.75 Å². The van der Waals surface area contributed by atoms with Gasteiger partial charge in [-0.15, -0.1) is 0 Å². The zero-order chi connectivity index (χ0) is 25.1. The minimum Gasteiger partial charge on any atom is -0.496 e. The highest BCUT2D eigenvalue weighted by Gasteiger charge is 2.29. The number of amides is 1. The zero-order valence-electron chi connectivity index (χ0n) is 21.2. The molecule has 0 atom stereocenters. The van der Waals surface area contributed by atoms with Crippen molar-refractivity contribution in [2.75, 3.05) is 7.11 Å². The summed E-state index contributed by atoms with van der Waals surface area (Å²) in [4.78, 5) is 29.3. The Kier molecular flexibility index (Phi) is 6.98. The fourth-order valence-electron chi connectivity index (χ4n) is 5.25. The molecule has 0 spiro atoms. The van der Waals surface area contributed by atoms with Crippen LogP contribution in [0.25, 0.3) is 22.9 Å². The molecule has 36 heavy (non-hydrogen) atoms. The van der Waals surface area contributed by atoms with Gasteiger partial charge in [0, 0.05) is 47.4 Å². The van der Waals surface area contributed by atoms with E-state index in [1.54, 1.807) is 19.5 Å². The summed E-state index contributed by atoms with van der Waals surface area (Å²) in [6.07, 6.45) is 11.3. The largest absolute Gasteiger partial charge is 0.496 e. The fourth-order valence-corrected chi connectivity index (χ4v) is 5.25. The Morgan fingerprint density at radius 1 is 1.11 bits per heavy atom. The highest BCUT2D eigenvalue weighted by molar-refractivity contribution is 5.95. The van der Waals surface area contributed by atoms with Crippen molar-refractivity contribution in [1.29, 1.82) is 0 Å². The first-order chi connectivity index (χ1) is 17.5. The number of pyridine rings is 2. The van der Waals surface area contributed by atoms with Crippen molar-refractivity contribution in [3.05, 3.63) is 72.2 Å². The summed E-state index contributed by atoms with van der Waals surface area (Å²) >= 11 is 0. The average molecular weight is 484 g/mol. The quantitative estimate of drug-likeness (QED) is 0.338. The SMILES string of the molecule is COc1cc(C(=O)N(C(C)C)C2CCCCC2)ccc1Cn1cccc2nc(-c3cccnc3)nc1-2. The maximum atomic E-state index is 13.6. The van der Waals surface area contributed by atoms with Crippen LogP contribution in [-0.2, 0) is 6.54 Å². The molecule has 5 rings (SSSR count). The molecule has 2 aromatic rings. The average Bonchev–Trinajstić information content (AvgIpc) is 3.35. The molecule has 1 saturated carbocycles. The molecule has 1 fully saturated rings. The van der Waals surface area contributed by atoms with Gasteiger partial charge in [0.2, 0.25) is 0 Å². The summed E-state index contributed by atoms with van der Waals surface area (Å²) in [5.41, 5.74) is 3.35. The molecule has 1 aliphatic carbocycles. The minimum absolute atomic E-state index is 0.0829. The molecule has 3 heterocycles. The van der Waals surface area contributed by atoms with Crippen LogP contribution in [0, 0.1) is 0 Å². The first-order valence-electron chi connectivity index (χ1n) is 12.8.